The van der Waals surface area contributed by atoms with E-state index in [2.05, 4.69) is 0 Å². The summed E-state index contributed by atoms with van der Waals surface area (Å²) in [5.74, 6) is 0. The van der Waals surface area contributed by atoms with Gasteiger partial charge in [0.05, 0.1) is 30.2 Å². The molecule has 0 aliphatic heterocycles. The van der Waals surface area contributed by atoms with E-state index < -0.39 is 0 Å². The standard InChI is InChI=1S/C11H15N3O2/c12-8-9-2-1-3-10(11(9)13)14(4-6-15)5-7-16/h1-3,15-16H,4-7,13H2. The highest BCUT2D eigenvalue weighted by atomic mass is 16.3. The van der Waals surface area contributed by atoms with Crippen LogP contribution in [0.3, 0.4) is 0 Å². The summed E-state index contributed by atoms with van der Waals surface area (Å²) in [5.41, 5.74) is 7.28. The molecule has 0 aromatic heterocycles. The van der Waals surface area contributed by atoms with Crippen LogP contribution in [-0.4, -0.2) is 36.5 Å². The molecule has 0 spiro atoms. The molecule has 0 bridgehead atoms. The van der Waals surface area contributed by atoms with Crippen molar-refractivity contribution in [2.24, 2.45) is 0 Å². The van der Waals surface area contributed by atoms with Crippen LogP contribution in [0.25, 0.3) is 0 Å². The minimum Gasteiger partial charge on any atom is -0.396 e. The first-order valence-electron chi connectivity index (χ1n) is 4.99. The summed E-state index contributed by atoms with van der Waals surface area (Å²) in [7, 11) is 0. The average molecular weight is 221 g/mol. The fraction of sp³-hybridized carbons (Fsp3) is 0.364. The van der Waals surface area contributed by atoms with E-state index in [1.807, 2.05) is 6.07 Å². The summed E-state index contributed by atoms with van der Waals surface area (Å²) >= 11 is 0. The van der Waals surface area contributed by atoms with Crippen LogP contribution in [0.2, 0.25) is 0 Å². The van der Waals surface area contributed by atoms with Crippen molar-refractivity contribution in [1.29, 1.82) is 5.26 Å². The van der Waals surface area contributed by atoms with Crippen LogP contribution in [0.5, 0.6) is 0 Å². The summed E-state index contributed by atoms with van der Waals surface area (Å²) in [6, 6.07) is 7.13. The normalized spacial score (nSPS) is 9.81. The Balaban J connectivity index is 3.04. The van der Waals surface area contributed by atoms with E-state index in [1.54, 1.807) is 23.1 Å². The van der Waals surface area contributed by atoms with Gasteiger partial charge in [-0.25, -0.2) is 0 Å². The van der Waals surface area contributed by atoms with Crippen molar-refractivity contribution in [1.82, 2.24) is 0 Å². The Hall–Kier alpha value is -1.77. The number of aliphatic hydroxyl groups is 2. The minimum atomic E-state index is -0.0315. The second-order valence-corrected chi connectivity index (χ2v) is 3.28. The van der Waals surface area contributed by atoms with Crippen LogP contribution < -0.4 is 10.6 Å². The highest BCUT2D eigenvalue weighted by molar-refractivity contribution is 5.73. The monoisotopic (exact) mass is 221 g/mol. The van der Waals surface area contributed by atoms with Crippen LogP contribution in [-0.2, 0) is 0 Å². The predicted molar refractivity (Wildman–Crippen MR) is 62.0 cm³/mol. The molecule has 1 rings (SSSR count). The van der Waals surface area contributed by atoms with E-state index in [4.69, 9.17) is 21.2 Å². The zero-order chi connectivity index (χ0) is 12.0. The van der Waals surface area contributed by atoms with Crippen LogP contribution >= 0.6 is 0 Å². The Morgan fingerprint density at radius 2 is 1.88 bits per heavy atom. The van der Waals surface area contributed by atoms with E-state index >= 15 is 0 Å². The highest BCUT2D eigenvalue weighted by Gasteiger charge is 2.11. The third-order valence-corrected chi connectivity index (χ3v) is 2.28. The molecule has 1 aromatic carbocycles. The van der Waals surface area contributed by atoms with Gasteiger partial charge < -0.3 is 20.8 Å². The molecule has 1 aromatic rings. The second-order valence-electron chi connectivity index (χ2n) is 3.28. The summed E-state index contributed by atoms with van der Waals surface area (Å²) in [6.45, 7) is 0.686. The molecule has 0 saturated heterocycles. The lowest BCUT2D eigenvalue weighted by Crippen LogP contribution is -2.30. The summed E-state index contributed by atoms with van der Waals surface area (Å²) in [4.78, 5) is 1.75. The third kappa shape index (κ3) is 2.63. The minimum absolute atomic E-state index is 0.0315. The van der Waals surface area contributed by atoms with E-state index in [9.17, 15) is 0 Å². The molecule has 5 nitrogen and oxygen atoms in total. The number of benzene rings is 1. The number of nitrogens with two attached hydrogens (primary N) is 1. The first kappa shape index (κ1) is 12.3. The molecule has 0 aliphatic rings. The molecule has 0 saturated carbocycles. The van der Waals surface area contributed by atoms with E-state index in [-0.39, 0.29) is 13.2 Å². The van der Waals surface area contributed by atoms with Gasteiger partial charge in [-0.15, -0.1) is 0 Å². The fourth-order valence-electron chi connectivity index (χ4n) is 1.52. The molecule has 86 valence electrons. The molecule has 0 atom stereocenters. The van der Waals surface area contributed by atoms with Gasteiger partial charge in [-0.05, 0) is 12.1 Å². The first-order chi connectivity index (χ1) is 7.74. The Morgan fingerprint density at radius 3 is 2.38 bits per heavy atom. The Morgan fingerprint density at radius 1 is 1.25 bits per heavy atom. The highest BCUT2D eigenvalue weighted by Crippen LogP contribution is 2.25. The average Bonchev–Trinajstić information content (AvgIpc) is 2.29. The molecular formula is C11H15N3O2. The van der Waals surface area contributed by atoms with Crippen molar-refractivity contribution in [3.63, 3.8) is 0 Å². The van der Waals surface area contributed by atoms with Crippen molar-refractivity contribution >= 4 is 11.4 Å². The Labute approximate surface area is 94.3 Å². The van der Waals surface area contributed by atoms with Gasteiger partial charge in [0.15, 0.2) is 0 Å². The predicted octanol–water partition coefficient (Wildman–Crippen LogP) is -0.0685. The number of anilines is 2. The van der Waals surface area contributed by atoms with Crippen molar-refractivity contribution in [3.8, 4) is 6.07 Å². The fourth-order valence-corrected chi connectivity index (χ4v) is 1.52. The number of nitrogens with zero attached hydrogens (tertiary/aromatic N) is 2. The number of para-hydroxylation sites is 1. The topological polar surface area (TPSA) is 93.5 Å². The van der Waals surface area contributed by atoms with Gasteiger partial charge in [-0.1, -0.05) is 6.07 Å². The quantitative estimate of drug-likeness (QED) is 0.605. The van der Waals surface area contributed by atoms with Gasteiger partial charge in [-0.3, -0.25) is 0 Å². The maximum Gasteiger partial charge on any atom is 0.101 e. The van der Waals surface area contributed by atoms with Crippen molar-refractivity contribution in [2.45, 2.75) is 0 Å². The lowest BCUT2D eigenvalue weighted by molar-refractivity contribution is 0.281. The van der Waals surface area contributed by atoms with E-state index in [0.29, 0.717) is 30.0 Å². The summed E-state index contributed by atoms with van der Waals surface area (Å²) in [6.07, 6.45) is 0. The van der Waals surface area contributed by atoms with Crippen molar-refractivity contribution in [3.05, 3.63) is 23.8 Å². The Bertz CT molecular complexity index is 381. The molecule has 4 N–H and O–H groups in total. The van der Waals surface area contributed by atoms with Crippen LogP contribution in [0.15, 0.2) is 18.2 Å². The smallest absolute Gasteiger partial charge is 0.101 e. The third-order valence-electron chi connectivity index (χ3n) is 2.28. The largest absolute Gasteiger partial charge is 0.396 e. The maximum absolute atomic E-state index is 8.91. The molecule has 16 heavy (non-hydrogen) atoms. The van der Waals surface area contributed by atoms with Crippen molar-refractivity contribution < 1.29 is 10.2 Å². The number of hydrogen-bond acceptors (Lipinski definition) is 5. The maximum atomic E-state index is 8.91. The molecule has 0 heterocycles. The number of aliphatic hydroxyl groups excluding tert-OH is 2. The van der Waals surface area contributed by atoms with E-state index in [0.717, 1.165) is 0 Å². The van der Waals surface area contributed by atoms with Crippen LogP contribution in [0.1, 0.15) is 5.56 Å². The summed E-state index contributed by atoms with van der Waals surface area (Å²) < 4.78 is 0. The first-order valence-corrected chi connectivity index (χ1v) is 4.99. The second kappa shape index (κ2) is 5.95. The molecule has 5 heteroatoms. The zero-order valence-electron chi connectivity index (χ0n) is 8.93. The van der Waals surface area contributed by atoms with Gasteiger partial charge in [0.1, 0.15) is 6.07 Å². The lowest BCUT2D eigenvalue weighted by Gasteiger charge is -2.24. The molecule has 0 aliphatic carbocycles. The summed E-state index contributed by atoms with van der Waals surface area (Å²) in [5, 5.41) is 26.7. The number of nitrogen functional groups attached to an aromatic ring is 1. The van der Waals surface area contributed by atoms with E-state index in [1.165, 1.54) is 0 Å². The molecule has 0 unspecified atom stereocenters. The molecular weight excluding hydrogens is 206 g/mol. The zero-order valence-corrected chi connectivity index (χ0v) is 8.93. The SMILES string of the molecule is N#Cc1cccc(N(CCO)CCO)c1N. The number of hydrogen-bond donors (Lipinski definition) is 3. The van der Waals surface area contributed by atoms with Gasteiger partial charge in [0.25, 0.3) is 0 Å². The Kier molecular flexibility index (Phi) is 4.58. The lowest BCUT2D eigenvalue weighted by atomic mass is 10.1. The number of nitriles is 1. The van der Waals surface area contributed by atoms with Crippen LogP contribution in [0.4, 0.5) is 11.4 Å². The molecule has 0 fully saturated rings. The van der Waals surface area contributed by atoms with Gasteiger partial charge in [0.2, 0.25) is 0 Å². The van der Waals surface area contributed by atoms with Gasteiger partial charge in [0, 0.05) is 13.1 Å². The molecule has 0 amide bonds. The number of rotatable bonds is 5. The van der Waals surface area contributed by atoms with Gasteiger partial charge in [-0.2, -0.15) is 5.26 Å². The van der Waals surface area contributed by atoms with Crippen LogP contribution in [0, 0.1) is 11.3 Å². The van der Waals surface area contributed by atoms with Crippen molar-refractivity contribution in [2.75, 3.05) is 36.9 Å². The van der Waals surface area contributed by atoms with Gasteiger partial charge >= 0.3 is 0 Å². The molecule has 0 radical (unpaired) electrons.